The second kappa shape index (κ2) is 7.48. The molecule has 6 heteroatoms. The standard InChI is InChI=1S/C21H24FN5/c1-16-14-17(2)24-21(23-16)27-9-5-6-18(27)15-25-10-12-26(13-11-25)20-8-4-3-7-19(20)22/h3-9,14H,10-13,15H2,1-2H3. The Morgan fingerprint density at radius 1 is 0.926 bits per heavy atom. The molecule has 0 radical (unpaired) electrons. The lowest BCUT2D eigenvalue weighted by Gasteiger charge is -2.36. The fourth-order valence-electron chi connectivity index (χ4n) is 3.64. The van der Waals surface area contributed by atoms with E-state index in [2.05, 4.69) is 30.4 Å². The van der Waals surface area contributed by atoms with Gasteiger partial charge in [0.2, 0.25) is 5.95 Å². The minimum Gasteiger partial charge on any atom is -0.367 e. The first-order valence-corrected chi connectivity index (χ1v) is 9.31. The predicted octanol–water partition coefficient (Wildman–Crippen LogP) is 3.35. The highest BCUT2D eigenvalue weighted by atomic mass is 19.1. The number of hydrogen-bond donors (Lipinski definition) is 0. The molecule has 0 amide bonds. The van der Waals surface area contributed by atoms with E-state index < -0.39 is 0 Å². The topological polar surface area (TPSA) is 37.2 Å². The fourth-order valence-corrected chi connectivity index (χ4v) is 3.64. The quantitative estimate of drug-likeness (QED) is 0.711. The van der Waals surface area contributed by atoms with Crippen molar-refractivity contribution in [1.82, 2.24) is 19.4 Å². The van der Waals surface area contributed by atoms with E-state index in [1.54, 1.807) is 6.07 Å². The molecule has 1 saturated heterocycles. The van der Waals surface area contributed by atoms with E-state index >= 15 is 0 Å². The maximum absolute atomic E-state index is 14.0. The van der Waals surface area contributed by atoms with E-state index in [4.69, 9.17) is 0 Å². The molecular formula is C21H24FN5. The van der Waals surface area contributed by atoms with Crippen LogP contribution in [0.2, 0.25) is 0 Å². The van der Waals surface area contributed by atoms with Gasteiger partial charge in [0.15, 0.2) is 0 Å². The summed E-state index contributed by atoms with van der Waals surface area (Å²) < 4.78 is 16.1. The van der Waals surface area contributed by atoms with Crippen molar-refractivity contribution in [3.63, 3.8) is 0 Å². The largest absolute Gasteiger partial charge is 0.367 e. The number of hydrogen-bond acceptors (Lipinski definition) is 4. The minimum absolute atomic E-state index is 0.146. The number of aryl methyl sites for hydroxylation is 2. The van der Waals surface area contributed by atoms with Crippen LogP contribution in [-0.4, -0.2) is 45.6 Å². The highest BCUT2D eigenvalue weighted by Crippen LogP contribution is 2.21. The van der Waals surface area contributed by atoms with Crippen LogP contribution in [0.5, 0.6) is 0 Å². The molecule has 5 nitrogen and oxygen atoms in total. The number of nitrogens with zero attached hydrogens (tertiary/aromatic N) is 5. The molecule has 3 heterocycles. The molecule has 0 aliphatic carbocycles. The van der Waals surface area contributed by atoms with Crippen LogP contribution in [0.4, 0.5) is 10.1 Å². The molecule has 3 aromatic rings. The summed E-state index contributed by atoms with van der Waals surface area (Å²) in [6.07, 6.45) is 2.01. The molecule has 0 spiro atoms. The molecule has 140 valence electrons. The molecular weight excluding hydrogens is 341 g/mol. The van der Waals surface area contributed by atoms with Crippen LogP contribution < -0.4 is 4.90 Å². The Balaban J connectivity index is 1.45. The molecule has 1 fully saturated rings. The molecule has 2 aromatic heterocycles. The highest BCUT2D eigenvalue weighted by molar-refractivity contribution is 5.48. The van der Waals surface area contributed by atoms with Gasteiger partial charge in [0.05, 0.1) is 5.69 Å². The Kier molecular flexibility index (Phi) is 4.90. The molecule has 1 aliphatic rings. The molecule has 0 saturated carbocycles. The van der Waals surface area contributed by atoms with Crippen LogP contribution in [0.3, 0.4) is 0 Å². The second-order valence-electron chi connectivity index (χ2n) is 7.03. The van der Waals surface area contributed by atoms with Gasteiger partial charge in [0.25, 0.3) is 0 Å². The monoisotopic (exact) mass is 365 g/mol. The lowest BCUT2D eigenvalue weighted by molar-refractivity contribution is 0.245. The van der Waals surface area contributed by atoms with Crippen molar-refractivity contribution >= 4 is 5.69 Å². The molecule has 0 unspecified atom stereocenters. The Morgan fingerprint density at radius 3 is 2.33 bits per heavy atom. The van der Waals surface area contributed by atoms with E-state index in [1.165, 1.54) is 11.8 Å². The van der Waals surface area contributed by atoms with Crippen molar-refractivity contribution in [3.05, 3.63) is 71.6 Å². The molecule has 0 bridgehead atoms. The number of halogens is 1. The third-order valence-electron chi connectivity index (χ3n) is 4.97. The van der Waals surface area contributed by atoms with Gasteiger partial charge in [-0.15, -0.1) is 0 Å². The summed E-state index contributed by atoms with van der Waals surface area (Å²) in [7, 11) is 0. The zero-order valence-electron chi connectivity index (χ0n) is 15.8. The zero-order valence-corrected chi connectivity index (χ0v) is 15.8. The highest BCUT2D eigenvalue weighted by Gasteiger charge is 2.20. The van der Waals surface area contributed by atoms with E-state index in [0.29, 0.717) is 5.69 Å². The summed E-state index contributed by atoms with van der Waals surface area (Å²) in [6, 6.07) is 13.1. The summed E-state index contributed by atoms with van der Waals surface area (Å²) in [5.74, 6) is 0.573. The van der Waals surface area contributed by atoms with Gasteiger partial charge >= 0.3 is 0 Å². The first kappa shape index (κ1) is 17.7. The second-order valence-corrected chi connectivity index (χ2v) is 7.03. The van der Waals surface area contributed by atoms with Crippen molar-refractivity contribution in [1.29, 1.82) is 0 Å². The first-order chi connectivity index (χ1) is 13.1. The Bertz CT molecular complexity index is 908. The smallest absolute Gasteiger partial charge is 0.234 e. The van der Waals surface area contributed by atoms with E-state index in [1.807, 2.05) is 44.3 Å². The Labute approximate surface area is 159 Å². The lowest BCUT2D eigenvalue weighted by Crippen LogP contribution is -2.46. The summed E-state index contributed by atoms with van der Waals surface area (Å²) >= 11 is 0. The van der Waals surface area contributed by atoms with Crippen LogP contribution in [0, 0.1) is 19.7 Å². The minimum atomic E-state index is -0.146. The summed E-state index contributed by atoms with van der Waals surface area (Å²) in [5.41, 5.74) is 3.80. The van der Waals surface area contributed by atoms with Crippen molar-refractivity contribution in [2.24, 2.45) is 0 Å². The van der Waals surface area contributed by atoms with Crippen LogP contribution >= 0.6 is 0 Å². The summed E-state index contributed by atoms with van der Waals surface area (Å²) in [5, 5.41) is 0. The van der Waals surface area contributed by atoms with Crippen LogP contribution in [0.25, 0.3) is 5.95 Å². The number of rotatable bonds is 4. The zero-order chi connectivity index (χ0) is 18.8. The number of para-hydroxylation sites is 1. The average Bonchev–Trinajstić information content (AvgIpc) is 3.10. The van der Waals surface area contributed by atoms with Crippen LogP contribution in [-0.2, 0) is 6.54 Å². The van der Waals surface area contributed by atoms with Crippen molar-refractivity contribution < 1.29 is 4.39 Å². The fraction of sp³-hybridized carbons (Fsp3) is 0.333. The van der Waals surface area contributed by atoms with Gasteiger partial charge in [-0.25, -0.2) is 14.4 Å². The number of benzene rings is 1. The molecule has 27 heavy (non-hydrogen) atoms. The molecule has 4 rings (SSSR count). The van der Waals surface area contributed by atoms with Gasteiger partial charge in [0.1, 0.15) is 5.82 Å². The van der Waals surface area contributed by atoms with Crippen LogP contribution in [0.15, 0.2) is 48.7 Å². The van der Waals surface area contributed by atoms with Gasteiger partial charge in [-0.3, -0.25) is 9.47 Å². The molecule has 1 aliphatic heterocycles. The van der Waals surface area contributed by atoms with Gasteiger partial charge in [-0.2, -0.15) is 0 Å². The van der Waals surface area contributed by atoms with E-state index in [9.17, 15) is 4.39 Å². The normalized spacial score (nSPS) is 15.3. The lowest BCUT2D eigenvalue weighted by atomic mass is 10.2. The Hall–Kier alpha value is -2.73. The van der Waals surface area contributed by atoms with E-state index in [0.717, 1.165) is 50.1 Å². The van der Waals surface area contributed by atoms with Crippen molar-refractivity contribution in [3.8, 4) is 5.95 Å². The van der Waals surface area contributed by atoms with E-state index in [-0.39, 0.29) is 5.82 Å². The maximum atomic E-state index is 14.0. The molecule has 0 N–H and O–H groups in total. The average molecular weight is 365 g/mol. The number of aromatic nitrogens is 3. The number of anilines is 1. The first-order valence-electron chi connectivity index (χ1n) is 9.31. The van der Waals surface area contributed by atoms with Crippen LogP contribution in [0.1, 0.15) is 17.1 Å². The van der Waals surface area contributed by atoms with Gasteiger partial charge in [-0.1, -0.05) is 12.1 Å². The van der Waals surface area contributed by atoms with Crippen molar-refractivity contribution in [2.75, 3.05) is 31.1 Å². The maximum Gasteiger partial charge on any atom is 0.234 e. The third-order valence-corrected chi connectivity index (χ3v) is 4.97. The molecule has 1 aromatic carbocycles. The molecule has 0 atom stereocenters. The SMILES string of the molecule is Cc1cc(C)nc(-n2cccc2CN2CCN(c3ccccc3F)CC2)n1. The van der Waals surface area contributed by atoms with Gasteiger partial charge < -0.3 is 4.90 Å². The van der Waals surface area contributed by atoms with Gasteiger partial charge in [0, 0.05) is 56.0 Å². The number of piperazine rings is 1. The van der Waals surface area contributed by atoms with Gasteiger partial charge in [-0.05, 0) is 44.2 Å². The Morgan fingerprint density at radius 2 is 1.63 bits per heavy atom. The predicted molar refractivity (Wildman–Crippen MR) is 105 cm³/mol. The third kappa shape index (κ3) is 3.85. The summed E-state index contributed by atoms with van der Waals surface area (Å²) in [4.78, 5) is 13.7. The van der Waals surface area contributed by atoms with Crippen molar-refractivity contribution in [2.45, 2.75) is 20.4 Å². The summed E-state index contributed by atoms with van der Waals surface area (Å²) in [6.45, 7) is 8.24.